The number of rotatable bonds is 2. The van der Waals surface area contributed by atoms with Crippen LogP contribution in [0.3, 0.4) is 0 Å². The molecule has 0 unspecified atom stereocenters. The van der Waals surface area contributed by atoms with Gasteiger partial charge in [-0.2, -0.15) is 0 Å². The van der Waals surface area contributed by atoms with E-state index < -0.39 is 15.3 Å². The average molecular weight is 239 g/mol. The Morgan fingerprint density at radius 2 is 2.00 bits per heavy atom. The highest BCUT2D eigenvalue weighted by molar-refractivity contribution is 8.13. The third kappa shape index (κ3) is 1.93. The fraction of sp³-hybridized carbons (Fsp3) is 0.429. The van der Waals surface area contributed by atoms with Crippen LogP contribution in [0.5, 0.6) is 0 Å². The molecule has 1 aliphatic rings. The Bertz CT molecular complexity index is 417. The quantitative estimate of drug-likeness (QED) is 0.726. The van der Waals surface area contributed by atoms with Crippen molar-refractivity contribution in [2.75, 3.05) is 13.2 Å². The van der Waals surface area contributed by atoms with Gasteiger partial charge in [0, 0.05) is 22.3 Å². The van der Waals surface area contributed by atoms with E-state index in [1.807, 2.05) is 0 Å². The van der Waals surface area contributed by atoms with E-state index in [2.05, 4.69) is 0 Å². The van der Waals surface area contributed by atoms with Crippen molar-refractivity contribution in [2.45, 2.75) is 11.4 Å². The Morgan fingerprint density at radius 1 is 1.36 bits per heavy atom. The lowest BCUT2D eigenvalue weighted by molar-refractivity contribution is -0.0444. The van der Waals surface area contributed by atoms with Crippen LogP contribution in [0.2, 0.25) is 0 Å². The minimum atomic E-state index is -3.82. The molecule has 7 heteroatoms. The molecule has 1 fully saturated rings. The van der Waals surface area contributed by atoms with Gasteiger partial charge >= 0.3 is 0 Å². The van der Waals surface area contributed by atoms with Crippen LogP contribution >= 0.6 is 10.7 Å². The zero-order valence-corrected chi connectivity index (χ0v) is 8.55. The van der Waals surface area contributed by atoms with Crippen LogP contribution in [0.25, 0.3) is 0 Å². The van der Waals surface area contributed by atoms with E-state index in [9.17, 15) is 8.42 Å². The van der Waals surface area contributed by atoms with Gasteiger partial charge < -0.3 is 13.9 Å². The Labute approximate surface area is 85.0 Å². The maximum Gasteiger partial charge on any atom is 0.294 e. The Hall–Kier alpha value is -0.560. The third-order valence-electron chi connectivity index (χ3n) is 1.73. The fourth-order valence-electron chi connectivity index (χ4n) is 1.13. The largest absolute Gasteiger partial charge is 0.451 e. The summed E-state index contributed by atoms with van der Waals surface area (Å²) in [6.45, 7) is 0.970. The minimum Gasteiger partial charge on any atom is -0.451 e. The first-order valence-electron chi connectivity index (χ1n) is 3.84. The molecule has 0 aromatic carbocycles. The van der Waals surface area contributed by atoms with Crippen molar-refractivity contribution in [3.63, 3.8) is 0 Å². The number of halogens is 1. The predicted molar refractivity (Wildman–Crippen MR) is 46.4 cm³/mol. The summed E-state index contributed by atoms with van der Waals surface area (Å²) in [4.78, 5) is 0. The SMILES string of the molecule is O=S(=O)(Cl)c1cc(C2OCCO2)co1. The lowest BCUT2D eigenvalue weighted by atomic mass is 10.3. The van der Waals surface area contributed by atoms with E-state index in [0.717, 1.165) is 0 Å². The smallest absolute Gasteiger partial charge is 0.294 e. The van der Waals surface area contributed by atoms with Gasteiger partial charge in [0.15, 0.2) is 6.29 Å². The average Bonchev–Trinajstić information content (AvgIpc) is 2.73. The Kier molecular flexibility index (Phi) is 2.52. The first-order chi connectivity index (χ1) is 6.57. The molecule has 1 aliphatic heterocycles. The molecule has 14 heavy (non-hydrogen) atoms. The molecule has 1 aromatic rings. The third-order valence-corrected chi connectivity index (χ3v) is 2.88. The summed E-state index contributed by atoms with van der Waals surface area (Å²) in [5.74, 6) is 0. The standard InChI is InChI=1S/C7H7ClO5S/c8-14(9,10)6-3-5(4-13-6)7-11-1-2-12-7/h3-4,7H,1-2H2. The lowest BCUT2D eigenvalue weighted by Crippen LogP contribution is -1.95. The molecule has 2 rings (SSSR count). The predicted octanol–water partition coefficient (Wildman–Crippen LogP) is 1.25. The molecule has 0 atom stereocenters. The van der Waals surface area contributed by atoms with Gasteiger partial charge in [0.2, 0.25) is 5.09 Å². The summed E-state index contributed by atoms with van der Waals surface area (Å²) >= 11 is 0. The summed E-state index contributed by atoms with van der Waals surface area (Å²) < 4.78 is 36.8. The zero-order chi connectivity index (χ0) is 10.2. The summed E-state index contributed by atoms with van der Waals surface area (Å²) in [5, 5.41) is -0.298. The van der Waals surface area contributed by atoms with E-state index in [1.165, 1.54) is 12.3 Å². The summed E-state index contributed by atoms with van der Waals surface area (Å²) in [6, 6.07) is 1.29. The van der Waals surface area contributed by atoms with Gasteiger partial charge in [-0.15, -0.1) is 0 Å². The van der Waals surface area contributed by atoms with E-state index in [-0.39, 0.29) is 5.09 Å². The second-order valence-corrected chi connectivity index (χ2v) is 5.21. The highest BCUT2D eigenvalue weighted by Crippen LogP contribution is 2.27. The zero-order valence-electron chi connectivity index (χ0n) is 6.97. The van der Waals surface area contributed by atoms with Gasteiger partial charge in [-0.1, -0.05) is 0 Å². The van der Waals surface area contributed by atoms with Crippen LogP contribution in [0, 0.1) is 0 Å². The molecule has 1 aromatic heterocycles. The molecule has 0 amide bonds. The first kappa shape index (κ1) is 9.97. The number of ether oxygens (including phenoxy) is 2. The van der Waals surface area contributed by atoms with E-state index in [0.29, 0.717) is 18.8 Å². The molecule has 0 spiro atoms. The monoisotopic (exact) mass is 238 g/mol. The van der Waals surface area contributed by atoms with Gasteiger partial charge in [-0.25, -0.2) is 8.42 Å². The number of furan rings is 1. The normalized spacial score (nSPS) is 18.9. The molecule has 0 bridgehead atoms. The topological polar surface area (TPSA) is 65.7 Å². The van der Waals surface area contributed by atoms with Gasteiger partial charge in [-0.3, -0.25) is 0 Å². The van der Waals surface area contributed by atoms with Crippen molar-refractivity contribution >= 4 is 19.7 Å². The maximum atomic E-state index is 10.9. The van der Waals surface area contributed by atoms with E-state index in [4.69, 9.17) is 24.6 Å². The maximum absolute atomic E-state index is 10.9. The molecule has 2 heterocycles. The van der Waals surface area contributed by atoms with Crippen molar-refractivity contribution in [1.29, 1.82) is 0 Å². The van der Waals surface area contributed by atoms with Crippen LogP contribution in [0.4, 0.5) is 0 Å². The molecular formula is C7H7ClO5S. The Balaban J connectivity index is 2.25. The molecule has 0 aliphatic carbocycles. The summed E-state index contributed by atoms with van der Waals surface area (Å²) in [6.07, 6.45) is 0.705. The highest BCUT2D eigenvalue weighted by atomic mass is 35.7. The second kappa shape index (κ2) is 3.54. The van der Waals surface area contributed by atoms with Gasteiger partial charge in [-0.05, 0) is 0 Å². The summed E-state index contributed by atoms with van der Waals surface area (Å²) in [7, 11) is 1.26. The van der Waals surface area contributed by atoms with Crippen LogP contribution in [0.15, 0.2) is 21.8 Å². The van der Waals surface area contributed by atoms with Crippen LogP contribution < -0.4 is 0 Å². The van der Waals surface area contributed by atoms with Crippen molar-refractivity contribution < 1.29 is 22.3 Å². The van der Waals surface area contributed by atoms with Crippen LogP contribution in [-0.4, -0.2) is 21.6 Å². The van der Waals surface area contributed by atoms with Crippen LogP contribution in [0.1, 0.15) is 11.9 Å². The molecule has 0 N–H and O–H groups in total. The van der Waals surface area contributed by atoms with Gasteiger partial charge in [0.25, 0.3) is 9.05 Å². The van der Waals surface area contributed by atoms with E-state index >= 15 is 0 Å². The lowest BCUT2D eigenvalue weighted by Gasteiger charge is -2.03. The highest BCUT2D eigenvalue weighted by Gasteiger charge is 2.23. The van der Waals surface area contributed by atoms with Gasteiger partial charge in [0.05, 0.1) is 13.2 Å². The molecular weight excluding hydrogens is 232 g/mol. The van der Waals surface area contributed by atoms with E-state index in [1.54, 1.807) is 0 Å². The van der Waals surface area contributed by atoms with Gasteiger partial charge in [0.1, 0.15) is 6.26 Å². The molecule has 5 nitrogen and oxygen atoms in total. The van der Waals surface area contributed by atoms with Crippen molar-refractivity contribution in [2.24, 2.45) is 0 Å². The molecule has 0 saturated carbocycles. The molecule has 0 radical (unpaired) electrons. The summed E-state index contributed by atoms with van der Waals surface area (Å²) in [5.41, 5.74) is 0.515. The van der Waals surface area contributed by atoms with Crippen molar-refractivity contribution in [1.82, 2.24) is 0 Å². The molecule has 78 valence electrons. The second-order valence-electron chi connectivity index (χ2n) is 2.71. The Morgan fingerprint density at radius 3 is 2.50 bits per heavy atom. The molecule has 1 saturated heterocycles. The first-order valence-corrected chi connectivity index (χ1v) is 6.14. The number of hydrogen-bond acceptors (Lipinski definition) is 5. The fourth-order valence-corrected chi connectivity index (χ4v) is 1.82. The number of hydrogen-bond donors (Lipinski definition) is 0. The minimum absolute atomic E-state index is 0.298. The van der Waals surface area contributed by atoms with Crippen LogP contribution in [-0.2, 0) is 18.5 Å². The van der Waals surface area contributed by atoms with Crippen molar-refractivity contribution in [3.8, 4) is 0 Å². The van der Waals surface area contributed by atoms with Crippen molar-refractivity contribution in [3.05, 3.63) is 17.9 Å².